The Kier molecular flexibility index (Phi) is 5.20. The van der Waals surface area contributed by atoms with Crippen molar-refractivity contribution in [3.05, 3.63) is 53.3 Å². The molecule has 0 unspecified atom stereocenters. The lowest BCUT2D eigenvalue weighted by Gasteiger charge is -2.27. The molecular weight excluding hydrogens is 363 g/mol. The van der Waals surface area contributed by atoms with Gasteiger partial charge in [0.25, 0.3) is 11.1 Å². The molecule has 1 aromatic heterocycles. The Labute approximate surface area is 153 Å². The average Bonchev–Trinajstić information content (AvgIpc) is 2.98. The van der Waals surface area contributed by atoms with E-state index in [9.17, 15) is 9.18 Å². The molecule has 3 rings (SSSR count). The second-order valence-corrected chi connectivity index (χ2v) is 7.09. The standard InChI is InChI=1S/C18H16ClFN2O2S/c1-11(2)22(15-8-7-12(20)9-13(15)19)17(23)10-24-18-21-14-5-3-4-6-16(14)25-18/h3-9,11H,10H2,1-2H3. The van der Waals surface area contributed by atoms with Crippen molar-refractivity contribution < 1.29 is 13.9 Å². The van der Waals surface area contributed by atoms with Gasteiger partial charge in [0.1, 0.15) is 5.82 Å². The van der Waals surface area contributed by atoms with Crippen LogP contribution in [0.4, 0.5) is 10.1 Å². The summed E-state index contributed by atoms with van der Waals surface area (Å²) in [6.07, 6.45) is 0. The third-order valence-corrected chi connectivity index (χ3v) is 4.80. The predicted octanol–water partition coefficient (Wildman–Crippen LogP) is 4.91. The van der Waals surface area contributed by atoms with Gasteiger partial charge in [0.2, 0.25) is 0 Å². The Hall–Kier alpha value is -2.18. The normalized spacial score (nSPS) is 11.1. The van der Waals surface area contributed by atoms with Crippen LogP contribution in [0.15, 0.2) is 42.5 Å². The lowest BCUT2D eigenvalue weighted by atomic mass is 10.2. The van der Waals surface area contributed by atoms with Gasteiger partial charge in [-0.15, -0.1) is 0 Å². The van der Waals surface area contributed by atoms with Crippen molar-refractivity contribution in [1.82, 2.24) is 4.98 Å². The highest BCUT2D eigenvalue weighted by atomic mass is 35.5. The number of fused-ring (bicyclic) bond motifs is 1. The number of halogens is 2. The van der Waals surface area contributed by atoms with Gasteiger partial charge in [-0.05, 0) is 44.2 Å². The zero-order chi connectivity index (χ0) is 18.0. The number of ether oxygens (including phenoxy) is 1. The van der Waals surface area contributed by atoms with Gasteiger partial charge in [0.05, 0.1) is 20.9 Å². The molecule has 0 aliphatic rings. The third kappa shape index (κ3) is 3.91. The van der Waals surface area contributed by atoms with Gasteiger partial charge in [0, 0.05) is 6.04 Å². The molecule has 0 fully saturated rings. The first-order chi connectivity index (χ1) is 12.0. The number of para-hydroxylation sites is 1. The molecule has 130 valence electrons. The van der Waals surface area contributed by atoms with E-state index in [-0.39, 0.29) is 23.6 Å². The van der Waals surface area contributed by atoms with Crippen molar-refractivity contribution in [2.45, 2.75) is 19.9 Å². The molecule has 4 nitrogen and oxygen atoms in total. The van der Waals surface area contributed by atoms with Crippen LogP contribution in [-0.2, 0) is 4.79 Å². The average molecular weight is 379 g/mol. The number of carbonyl (C=O) groups excluding carboxylic acids is 1. The van der Waals surface area contributed by atoms with Crippen LogP contribution in [0.2, 0.25) is 5.02 Å². The molecule has 0 radical (unpaired) electrons. The first-order valence-electron chi connectivity index (χ1n) is 7.71. The second kappa shape index (κ2) is 7.37. The van der Waals surface area contributed by atoms with E-state index in [1.54, 1.807) is 0 Å². The number of hydrogen-bond acceptors (Lipinski definition) is 4. The van der Waals surface area contributed by atoms with Gasteiger partial charge in [-0.2, -0.15) is 0 Å². The van der Waals surface area contributed by atoms with Gasteiger partial charge in [0.15, 0.2) is 6.61 Å². The van der Waals surface area contributed by atoms with E-state index in [1.807, 2.05) is 38.1 Å². The molecule has 0 saturated heterocycles. The quantitative estimate of drug-likeness (QED) is 0.633. The minimum atomic E-state index is -0.448. The smallest absolute Gasteiger partial charge is 0.274 e. The van der Waals surface area contributed by atoms with E-state index in [0.717, 1.165) is 10.2 Å². The summed E-state index contributed by atoms with van der Waals surface area (Å²) >= 11 is 7.48. The number of benzene rings is 2. The highest BCUT2D eigenvalue weighted by molar-refractivity contribution is 7.20. The monoisotopic (exact) mass is 378 g/mol. The summed E-state index contributed by atoms with van der Waals surface area (Å²) in [5.41, 5.74) is 1.29. The number of rotatable bonds is 5. The van der Waals surface area contributed by atoms with Crippen molar-refractivity contribution in [3.63, 3.8) is 0 Å². The molecule has 0 atom stereocenters. The summed E-state index contributed by atoms with van der Waals surface area (Å²) in [4.78, 5) is 18.5. The highest BCUT2D eigenvalue weighted by Crippen LogP contribution is 2.30. The number of hydrogen-bond donors (Lipinski definition) is 0. The summed E-state index contributed by atoms with van der Waals surface area (Å²) in [6, 6.07) is 11.5. The summed E-state index contributed by atoms with van der Waals surface area (Å²) in [5.74, 6) is -0.724. The lowest BCUT2D eigenvalue weighted by molar-refractivity contribution is -0.120. The van der Waals surface area contributed by atoms with Gasteiger partial charge in [-0.25, -0.2) is 9.37 Å². The van der Waals surface area contributed by atoms with Crippen molar-refractivity contribution in [2.24, 2.45) is 0 Å². The molecule has 0 saturated carbocycles. The van der Waals surface area contributed by atoms with Crippen LogP contribution in [0.5, 0.6) is 5.19 Å². The fourth-order valence-electron chi connectivity index (χ4n) is 2.48. The van der Waals surface area contributed by atoms with Gasteiger partial charge in [-0.1, -0.05) is 35.1 Å². The third-order valence-electron chi connectivity index (χ3n) is 3.55. The summed E-state index contributed by atoms with van der Waals surface area (Å²) in [7, 11) is 0. The first-order valence-corrected chi connectivity index (χ1v) is 8.90. The summed E-state index contributed by atoms with van der Waals surface area (Å²) in [5, 5.41) is 0.616. The lowest BCUT2D eigenvalue weighted by Crippen LogP contribution is -2.40. The first kappa shape index (κ1) is 17.6. The van der Waals surface area contributed by atoms with E-state index < -0.39 is 5.82 Å². The molecule has 0 spiro atoms. The molecule has 0 bridgehead atoms. The van der Waals surface area contributed by atoms with Crippen LogP contribution in [-0.4, -0.2) is 23.5 Å². The van der Waals surface area contributed by atoms with Crippen LogP contribution in [0.3, 0.4) is 0 Å². The zero-order valence-electron chi connectivity index (χ0n) is 13.7. The predicted molar refractivity (Wildman–Crippen MR) is 99.1 cm³/mol. The van der Waals surface area contributed by atoms with Gasteiger partial charge in [-0.3, -0.25) is 4.79 Å². The van der Waals surface area contributed by atoms with Crippen molar-refractivity contribution >= 4 is 44.7 Å². The van der Waals surface area contributed by atoms with Crippen LogP contribution in [0.1, 0.15) is 13.8 Å². The maximum absolute atomic E-state index is 13.3. The maximum Gasteiger partial charge on any atom is 0.274 e. The molecule has 0 N–H and O–H groups in total. The Balaban J connectivity index is 1.76. The van der Waals surface area contributed by atoms with Crippen molar-refractivity contribution in [2.75, 3.05) is 11.5 Å². The number of aromatic nitrogens is 1. The number of nitrogens with zero attached hydrogens (tertiary/aromatic N) is 2. The molecule has 0 aliphatic carbocycles. The van der Waals surface area contributed by atoms with Crippen LogP contribution < -0.4 is 9.64 Å². The van der Waals surface area contributed by atoms with E-state index in [2.05, 4.69) is 4.98 Å². The minimum absolute atomic E-state index is 0.158. The van der Waals surface area contributed by atoms with Crippen LogP contribution in [0.25, 0.3) is 10.2 Å². The Morgan fingerprint density at radius 3 is 2.76 bits per heavy atom. The number of anilines is 1. The Morgan fingerprint density at radius 1 is 1.32 bits per heavy atom. The van der Waals surface area contributed by atoms with E-state index >= 15 is 0 Å². The molecule has 25 heavy (non-hydrogen) atoms. The Morgan fingerprint density at radius 2 is 2.08 bits per heavy atom. The zero-order valence-corrected chi connectivity index (χ0v) is 15.3. The van der Waals surface area contributed by atoms with E-state index in [4.69, 9.17) is 16.3 Å². The minimum Gasteiger partial charge on any atom is -0.460 e. The number of thiazole rings is 1. The summed E-state index contributed by atoms with van der Waals surface area (Å²) < 4.78 is 19.8. The Bertz CT molecular complexity index is 880. The fourth-order valence-corrected chi connectivity index (χ4v) is 3.56. The van der Waals surface area contributed by atoms with E-state index in [1.165, 1.54) is 34.4 Å². The molecule has 3 aromatic rings. The SMILES string of the molecule is CC(C)N(C(=O)COc1nc2ccccc2s1)c1ccc(F)cc1Cl. The highest BCUT2D eigenvalue weighted by Gasteiger charge is 2.22. The van der Waals surface area contributed by atoms with Crippen molar-refractivity contribution in [1.29, 1.82) is 0 Å². The van der Waals surface area contributed by atoms with Crippen LogP contribution >= 0.6 is 22.9 Å². The van der Waals surface area contributed by atoms with Gasteiger partial charge >= 0.3 is 0 Å². The van der Waals surface area contributed by atoms with Gasteiger partial charge < -0.3 is 9.64 Å². The number of carbonyl (C=O) groups is 1. The fraction of sp³-hybridized carbons (Fsp3) is 0.222. The molecule has 7 heteroatoms. The molecule has 1 heterocycles. The largest absolute Gasteiger partial charge is 0.460 e. The second-order valence-electron chi connectivity index (χ2n) is 5.69. The molecule has 1 amide bonds. The van der Waals surface area contributed by atoms with E-state index in [0.29, 0.717) is 10.9 Å². The molecular formula is C18H16ClFN2O2S. The number of amides is 1. The molecule has 0 aliphatic heterocycles. The molecule has 2 aromatic carbocycles. The summed E-state index contributed by atoms with van der Waals surface area (Å²) in [6.45, 7) is 3.54. The van der Waals surface area contributed by atoms with Crippen molar-refractivity contribution in [3.8, 4) is 5.19 Å². The topological polar surface area (TPSA) is 42.4 Å². The maximum atomic E-state index is 13.3. The van der Waals surface area contributed by atoms with Crippen LogP contribution in [0, 0.1) is 5.82 Å².